The smallest absolute Gasteiger partial charge is 0.344 e. The van der Waals surface area contributed by atoms with E-state index in [1.165, 1.54) is 17.8 Å². The maximum atomic E-state index is 12.9. The number of hydrogen-bond acceptors (Lipinski definition) is 4. The van der Waals surface area contributed by atoms with E-state index in [9.17, 15) is 35.2 Å². The number of anilines is 1. The second-order valence-corrected chi connectivity index (χ2v) is 8.18. The molecule has 0 aromatic carbocycles. The molecule has 0 spiro atoms. The predicted molar refractivity (Wildman–Crippen MR) is 98.0 cm³/mol. The van der Waals surface area contributed by atoms with E-state index in [1.54, 1.807) is 0 Å². The van der Waals surface area contributed by atoms with Gasteiger partial charge in [-0.3, -0.25) is 9.78 Å². The number of carbonyl (C=O) groups excluding carboxylic acids is 1. The van der Waals surface area contributed by atoms with Crippen LogP contribution < -0.4 is 10.0 Å². The zero-order valence-corrected chi connectivity index (χ0v) is 17.0. The lowest BCUT2D eigenvalue weighted by atomic mass is 10.2. The first-order valence-electron chi connectivity index (χ1n) is 8.27. The van der Waals surface area contributed by atoms with Crippen molar-refractivity contribution in [1.29, 1.82) is 0 Å². The van der Waals surface area contributed by atoms with Gasteiger partial charge < -0.3 is 9.88 Å². The number of amides is 1. The van der Waals surface area contributed by atoms with Crippen LogP contribution in [0.5, 0.6) is 0 Å². The molecular weight excluding hydrogens is 459 g/mol. The average molecular weight is 475 g/mol. The molecule has 0 aliphatic rings. The number of aryl methyl sites for hydroxylation is 1. The zero-order valence-electron chi connectivity index (χ0n) is 15.5. The molecule has 14 heteroatoms. The summed E-state index contributed by atoms with van der Waals surface area (Å²) in [5, 5.41) is 1.64. The van der Waals surface area contributed by atoms with Crippen LogP contribution in [0.4, 0.5) is 27.6 Å². The lowest BCUT2D eigenvalue weighted by Crippen LogP contribution is -2.44. The van der Waals surface area contributed by atoms with Crippen LogP contribution in [-0.2, 0) is 17.1 Å². The molecular formula is C16H16ClF5N4O3S. The molecule has 0 unspecified atom stereocenters. The Labute approximate surface area is 173 Å². The molecule has 0 saturated carbocycles. The molecule has 7 nitrogen and oxygen atoms in total. The van der Waals surface area contributed by atoms with Crippen LogP contribution in [0.15, 0.2) is 29.4 Å². The fourth-order valence-electron chi connectivity index (χ4n) is 2.48. The van der Waals surface area contributed by atoms with Crippen LogP contribution in [0.1, 0.15) is 36.0 Å². The van der Waals surface area contributed by atoms with Gasteiger partial charge in [0.15, 0.2) is 0 Å². The van der Waals surface area contributed by atoms with Gasteiger partial charge in [0, 0.05) is 25.1 Å². The summed E-state index contributed by atoms with van der Waals surface area (Å²) in [4.78, 5) is 15.2. The fourth-order valence-corrected chi connectivity index (χ4v) is 4.49. The van der Waals surface area contributed by atoms with E-state index < -0.39 is 62.3 Å². The summed E-state index contributed by atoms with van der Waals surface area (Å²) in [6, 6.07) is -0.219. The minimum Gasteiger partial charge on any atom is -0.344 e. The molecule has 1 atom stereocenters. The SMILES string of the molecule is CC[C@@H](NS(=O)(=O)c1cn(C)c(C(=O)Nc2ccnc(C(F)F)c2)c1Cl)C(F)(F)F. The van der Waals surface area contributed by atoms with Crippen molar-refractivity contribution in [2.75, 3.05) is 5.32 Å². The normalized spacial score (nSPS) is 13.5. The highest BCUT2D eigenvalue weighted by Gasteiger charge is 2.42. The lowest BCUT2D eigenvalue weighted by Gasteiger charge is -2.19. The van der Waals surface area contributed by atoms with E-state index in [2.05, 4.69) is 10.3 Å². The van der Waals surface area contributed by atoms with Gasteiger partial charge in [-0.05, 0) is 18.6 Å². The predicted octanol–water partition coefficient (Wildman–Crippen LogP) is 3.88. The van der Waals surface area contributed by atoms with Gasteiger partial charge in [0.1, 0.15) is 22.3 Å². The Morgan fingerprint density at radius 3 is 2.50 bits per heavy atom. The monoisotopic (exact) mass is 474 g/mol. The summed E-state index contributed by atoms with van der Waals surface area (Å²) in [6.45, 7) is 1.15. The maximum Gasteiger partial charge on any atom is 0.404 e. The average Bonchev–Trinajstić information content (AvgIpc) is 2.94. The number of sulfonamides is 1. The summed E-state index contributed by atoms with van der Waals surface area (Å²) in [5.74, 6) is -0.960. The van der Waals surface area contributed by atoms with E-state index in [0.29, 0.717) is 0 Å². The highest BCUT2D eigenvalue weighted by Crippen LogP contribution is 2.30. The van der Waals surface area contributed by atoms with E-state index >= 15 is 0 Å². The first-order valence-corrected chi connectivity index (χ1v) is 10.1. The third-order valence-electron chi connectivity index (χ3n) is 3.96. The number of nitrogens with one attached hydrogen (secondary N) is 2. The molecule has 2 N–H and O–H groups in total. The molecule has 0 bridgehead atoms. The quantitative estimate of drug-likeness (QED) is 0.596. The number of carbonyl (C=O) groups is 1. The van der Waals surface area contributed by atoms with Gasteiger partial charge in [-0.15, -0.1) is 0 Å². The molecule has 2 aromatic rings. The number of halogens is 6. The Hall–Kier alpha value is -2.25. The van der Waals surface area contributed by atoms with Crippen molar-refractivity contribution in [3.8, 4) is 0 Å². The summed E-state index contributed by atoms with van der Waals surface area (Å²) < 4.78 is 91.6. The Kier molecular flexibility index (Phi) is 7.09. The molecule has 0 saturated heterocycles. The van der Waals surface area contributed by atoms with E-state index in [4.69, 9.17) is 11.6 Å². The number of rotatable bonds is 7. The van der Waals surface area contributed by atoms with Gasteiger partial charge in [-0.1, -0.05) is 18.5 Å². The number of aromatic nitrogens is 2. The van der Waals surface area contributed by atoms with Gasteiger partial charge in [0.2, 0.25) is 10.0 Å². The maximum absolute atomic E-state index is 12.9. The van der Waals surface area contributed by atoms with Crippen LogP contribution >= 0.6 is 11.6 Å². The van der Waals surface area contributed by atoms with Crippen molar-refractivity contribution in [1.82, 2.24) is 14.3 Å². The molecule has 0 aliphatic carbocycles. The lowest BCUT2D eigenvalue weighted by molar-refractivity contribution is -0.151. The van der Waals surface area contributed by atoms with Crippen molar-refractivity contribution in [3.63, 3.8) is 0 Å². The van der Waals surface area contributed by atoms with Gasteiger partial charge in [-0.25, -0.2) is 17.2 Å². The standard InChI is InChI=1S/C16H16ClF5N4O3S/c1-3-11(16(20,21)22)25-30(28,29)10-7-26(2)13(12(10)17)15(27)24-8-4-5-23-9(6-8)14(18)19/h4-7,11,14,25H,3H2,1-2H3,(H,23,24,27)/t11-/m1/s1. The first-order chi connectivity index (χ1) is 13.8. The van der Waals surface area contributed by atoms with Crippen molar-refractivity contribution < 1.29 is 35.2 Å². The third-order valence-corrected chi connectivity index (χ3v) is 5.93. The molecule has 1 amide bonds. The van der Waals surface area contributed by atoms with Crippen molar-refractivity contribution >= 4 is 33.2 Å². The van der Waals surface area contributed by atoms with Crippen molar-refractivity contribution in [2.24, 2.45) is 7.05 Å². The van der Waals surface area contributed by atoms with Crippen LogP contribution in [0.2, 0.25) is 5.02 Å². The van der Waals surface area contributed by atoms with Crippen molar-refractivity contribution in [2.45, 2.75) is 36.9 Å². The fraction of sp³-hybridized carbons (Fsp3) is 0.375. The molecule has 0 radical (unpaired) electrons. The van der Waals surface area contributed by atoms with E-state index in [0.717, 1.165) is 30.0 Å². The topological polar surface area (TPSA) is 93.1 Å². The van der Waals surface area contributed by atoms with Gasteiger partial charge in [0.25, 0.3) is 12.3 Å². The highest BCUT2D eigenvalue weighted by molar-refractivity contribution is 7.89. The Bertz CT molecular complexity index is 1040. The molecule has 2 rings (SSSR count). The Morgan fingerprint density at radius 1 is 1.33 bits per heavy atom. The largest absolute Gasteiger partial charge is 0.404 e. The van der Waals surface area contributed by atoms with Crippen LogP contribution in [0.3, 0.4) is 0 Å². The van der Waals surface area contributed by atoms with Gasteiger partial charge in [-0.2, -0.15) is 17.9 Å². The molecule has 166 valence electrons. The van der Waals surface area contributed by atoms with E-state index in [-0.39, 0.29) is 5.69 Å². The summed E-state index contributed by atoms with van der Waals surface area (Å²) in [6.07, 6.45) is -6.36. The van der Waals surface area contributed by atoms with Gasteiger partial charge in [0.05, 0.1) is 5.02 Å². The van der Waals surface area contributed by atoms with Gasteiger partial charge >= 0.3 is 6.18 Å². The molecule has 2 heterocycles. The minimum absolute atomic E-state index is 0.0618. The summed E-state index contributed by atoms with van der Waals surface area (Å²) in [7, 11) is -3.48. The van der Waals surface area contributed by atoms with Crippen LogP contribution in [0, 0.1) is 0 Å². The minimum atomic E-state index is -4.83. The number of nitrogens with zero attached hydrogens (tertiary/aromatic N) is 2. The second-order valence-electron chi connectivity index (χ2n) is 6.11. The number of alkyl halides is 5. The first kappa shape index (κ1) is 24.0. The number of hydrogen-bond donors (Lipinski definition) is 2. The molecule has 0 fully saturated rings. The summed E-state index contributed by atoms with van der Waals surface area (Å²) >= 11 is 5.98. The number of pyridine rings is 1. The Balaban J connectivity index is 2.35. The summed E-state index contributed by atoms with van der Waals surface area (Å²) in [5.41, 5.74) is -1.06. The second kappa shape index (κ2) is 8.86. The van der Waals surface area contributed by atoms with Crippen LogP contribution in [-0.4, -0.2) is 36.1 Å². The van der Waals surface area contributed by atoms with Crippen molar-refractivity contribution in [3.05, 3.63) is 40.9 Å². The molecule has 2 aromatic heterocycles. The zero-order chi connectivity index (χ0) is 22.9. The molecule has 30 heavy (non-hydrogen) atoms. The highest BCUT2D eigenvalue weighted by atomic mass is 35.5. The Morgan fingerprint density at radius 2 is 1.97 bits per heavy atom. The third kappa shape index (κ3) is 5.26. The van der Waals surface area contributed by atoms with E-state index in [1.807, 2.05) is 0 Å². The van der Waals surface area contributed by atoms with Crippen LogP contribution in [0.25, 0.3) is 0 Å². The molecule has 0 aliphatic heterocycles.